The molecule has 0 saturated heterocycles. The zero-order valence-corrected chi connectivity index (χ0v) is 14.2. The third-order valence-corrected chi connectivity index (χ3v) is 4.23. The van der Waals surface area contributed by atoms with Crippen molar-refractivity contribution in [1.82, 2.24) is 4.98 Å². The highest BCUT2D eigenvalue weighted by molar-refractivity contribution is 6.31. The summed E-state index contributed by atoms with van der Waals surface area (Å²) < 4.78 is 0. The van der Waals surface area contributed by atoms with E-state index in [0.717, 1.165) is 22.2 Å². The molecule has 2 N–H and O–H groups in total. The number of anilines is 1. The molecule has 1 heterocycles. The first-order chi connectivity index (χ1) is 11.4. The molecular weight excluding hydrogens is 324 g/mol. The molecule has 0 radical (unpaired) electrons. The van der Waals surface area contributed by atoms with Crippen LogP contribution < -0.4 is 5.32 Å². The average Bonchev–Trinajstić information content (AvgIpc) is 2.83. The van der Waals surface area contributed by atoms with Crippen molar-refractivity contribution in [2.24, 2.45) is 0 Å². The maximum atomic E-state index is 12.4. The van der Waals surface area contributed by atoms with E-state index in [0.29, 0.717) is 16.3 Å². The molecule has 0 unspecified atom stereocenters. The van der Waals surface area contributed by atoms with Gasteiger partial charge in [-0.3, -0.25) is 9.59 Å². The van der Waals surface area contributed by atoms with Crippen LogP contribution in [0.2, 0.25) is 5.02 Å². The van der Waals surface area contributed by atoms with E-state index in [1.807, 2.05) is 25.1 Å². The first-order valence-corrected chi connectivity index (χ1v) is 7.99. The van der Waals surface area contributed by atoms with E-state index in [1.54, 1.807) is 24.3 Å². The van der Waals surface area contributed by atoms with E-state index < -0.39 is 0 Å². The van der Waals surface area contributed by atoms with E-state index in [-0.39, 0.29) is 18.1 Å². The summed E-state index contributed by atoms with van der Waals surface area (Å²) in [5, 5.41) is 4.46. The smallest absolute Gasteiger partial charge is 0.228 e. The molecule has 0 spiro atoms. The Bertz CT molecular complexity index is 926. The number of hydrogen-bond acceptors (Lipinski definition) is 2. The first kappa shape index (κ1) is 16.3. The Balaban J connectivity index is 1.78. The Hall–Kier alpha value is -2.59. The molecule has 1 amide bonds. The van der Waals surface area contributed by atoms with Crippen molar-refractivity contribution in [2.75, 3.05) is 5.32 Å². The molecule has 3 rings (SSSR count). The number of halogens is 1. The fourth-order valence-corrected chi connectivity index (χ4v) is 2.91. The molecule has 122 valence electrons. The highest BCUT2D eigenvalue weighted by Gasteiger charge is 2.13. The molecule has 0 saturated carbocycles. The number of hydrogen-bond donors (Lipinski definition) is 2. The molecule has 0 bridgehead atoms. The zero-order valence-electron chi connectivity index (χ0n) is 13.4. The van der Waals surface area contributed by atoms with Crippen LogP contribution in [0.3, 0.4) is 0 Å². The first-order valence-electron chi connectivity index (χ1n) is 7.61. The van der Waals surface area contributed by atoms with Gasteiger partial charge in [0.15, 0.2) is 5.78 Å². The second-order valence-electron chi connectivity index (χ2n) is 5.78. The second-order valence-corrected chi connectivity index (χ2v) is 6.21. The molecule has 0 fully saturated rings. The average molecular weight is 341 g/mol. The van der Waals surface area contributed by atoms with Gasteiger partial charge in [0.05, 0.1) is 6.42 Å². The number of aromatic amines is 1. The van der Waals surface area contributed by atoms with Gasteiger partial charge in [0.2, 0.25) is 5.91 Å². The Labute approximate surface area is 144 Å². The van der Waals surface area contributed by atoms with Gasteiger partial charge in [-0.2, -0.15) is 0 Å². The van der Waals surface area contributed by atoms with Crippen LogP contribution >= 0.6 is 11.6 Å². The van der Waals surface area contributed by atoms with Crippen molar-refractivity contribution < 1.29 is 9.59 Å². The summed E-state index contributed by atoms with van der Waals surface area (Å²) in [4.78, 5) is 26.9. The lowest BCUT2D eigenvalue weighted by atomic mass is 10.1. The molecule has 24 heavy (non-hydrogen) atoms. The number of H-pyrrole nitrogens is 1. The van der Waals surface area contributed by atoms with E-state index >= 15 is 0 Å². The van der Waals surface area contributed by atoms with Crippen LogP contribution in [-0.2, 0) is 11.2 Å². The molecule has 0 atom stereocenters. The summed E-state index contributed by atoms with van der Waals surface area (Å²) in [7, 11) is 0. The van der Waals surface area contributed by atoms with Crippen molar-refractivity contribution in [2.45, 2.75) is 20.3 Å². The number of nitrogens with one attached hydrogen (secondary N) is 2. The third kappa shape index (κ3) is 3.34. The van der Waals surface area contributed by atoms with Crippen LogP contribution in [0.25, 0.3) is 10.9 Å². The van der Waals surface area contributed by atoms with E-state index in [9.17, 15) is 9.59 Å². The summed E-state index contributed by atoms with van der Waals surface area (Å²) in [6, 6.07) is 12.5. The molecule has 5 heteroatoms. The summed E-state index contributed by atoms with van der Waals surface area (Å²) in [5.41, 5.74) is 4.14. The van der Waals surface area contributed by atoms with Gasteiger partial charge >= 0.3 is 0 Å². The number of carbonyl (C=O) groups excluding carboxylic acids is 2. The molecule has 0 aliphatic carbocycles. The minimum Gasteiger partial charge on any atom is -0.358 e. The largest absolute Gasteiger partial charge is 0.358 e. The van der Waals surface area contributed by atoms with Gasteiger partial charge < -0.3 is 10.3 Å². The summed E-state index contributed by atoms with van der Waals surface area (Å²) in [5.74, 6) is -0.117. The molecule has 0 aliphatic rings. The molecule has 2 aromatic carbocycles. The SMILES string of the molecule is CC(=O)c1ccc(NC(=O)Cc2c(C)[nH]c3ccc(Cl)cc23)cc1. The monoisotopic (exact) mass is 340 g/mol. The third-order valence-electron chi connectivity index (χ3n) is 3.99. The lowest BCUT2D eigenvalue weighted by Gasteiger charge is -2.06. The van der Waals surface area contributed by atoms with Crippen LogP contribution in [0, 0.1) is 6.92 Å². The van der Waals surface area contributed by atoms with Gasteiger partial charge in [-0.05, 0) is 61.9 Å². The van der Waals surface area contributed by atoms with Crippen LogP contribution in [0.15, 0.2) is 42.5 Å². The van der Waals surface area contributed by atoms with Gasteiger partial charge in [-0.1, -0.05) is 11.6 Å². The van der Waals surface area contributed by atoms with Gasteiger partial charge in [0, 0.05) is 32.9 Å². The van der Waals surface area contributed by atoms with Crippen molar-refractivity contribution in [3.05, 3.63) is 64.3 Å². The minimum absolute atomic E-state index is 0.000766. The molecule has 0 aliphatic heterocycles. The van der Waals surface area contributed by atoms with Crippen molar-refractivity contribution in [3.8, 4) is 0 Å². The number of ketones is 1. The van der Waals surface area contributed by atoms with Crippen molar-refractivity contribution in [1.29, 1.82) is 0 Å². The Morgan fingerprint density at radius 3 is 2.50 bits per heavy atom. The normalized spacial score (nSPS) is 10.8. The predicted molar refractivity (Wildman–Crippen MR) is 96.8 cm³/mol. The Morgan fingerprint density at radius 1 is 1.12 bits per heavy atom. The maximum Gasteiger partial charge on any atom is 0.228 e. The highest BCUT2D eigenvalue weighted by Crippen LogP contribution is 2.26. The minimum atomic E-state index is -0.116. The number of amides is 1. The molecule has 4 nitrogen and oxygen atoms in total. The van der Waals surface area contributed by atoms with Crippen LogP contribution in [0.4, 0.5) is 5.69 Å². The number of Topliss-reactive ketones (excluding diaryl/α,β-unsaturated/α-hetero) is 1. The Kier molecular flexibility index (Phi) is 4.40. The van der Waals surface area contributed by atoms with Gasteiger partial charge in [0.1, 0.15) is 0 Å². The molecule has 1 aromatic heterocycles. The lowest BCUT2D eigenvalue weighted by molar-refractivity contribution is -0.115. The number of rotatable bonds is 4. The number of carbonyl (C=O) groups is 2. The maximum absolute atomic E-state index is 12.4. The lowest BCUT2D eigenvalue weighted by Crippen LogP contribution is -2.14. The summed E-state index contributed by atoms with van der Waals surface area (Å²) >= 11 is 6.06. The number of aromatic nitrogens is 1. The zero-order chi connectivity index (χ0) is 17.3. The predicted octanol–water partition coefficient (Wildman–Crippen LogP) is 4.51. The molecule has 3 aromatic rings. The summed E-state index contributed by atoms with van der Waals surface area (Å²) in [6.07, 6.45) is 0.251. The van der Waals surface area contributed by atoms with Gasteiger partial charge in [-0.25, -0.2) is 0 Å². The van der Waals surface area contributed by atoms with Gasteiger partial charge in [0.25, 0.3) is 0 Å². The fourth-order valence-electron chi connectivity index (χ4n) is 2.74. The number of benzene rings is 2. The van der Waals surface area contributed by atoms with E-state index in [2.05, 4.69) is 10.3 Å². The second kappa shape index (κ2) is 6.49. The van der Waals surface area contributed by atoms with E-state index in [1.165, 1.54) is 6.92 Å². The Morgan fingerprint density at radius 2 is 1.83 bits per heavy atom. The molecular formula is C19H17ClN2O2. The van der Waals surface area contributed by atoms with Crippen molar-refractivity contribution in [3.63, 3.8) is 0 Å². The fraction of sp³-hybridized carbons (Fsp3) is 0.158. The number of aryl methyl sites for hydroxylation is 1. The number of fused-ring (bicyclic) bond motifs is 1. The van der Waals surface area contributed by atoms with Gasteiger partial charge in [-0.15, -0.1) is 0 Å². The van der Waals surface area contributed by atoms with Crippen LogP contribution in [0.5, 0.6) is 0 Å². The topological polar surface area (TPSA) is 62.0 Å². The standard InChI is InChI=1S/C19H17ClN2O2/c1-11-16(17-9-14(20)5-8-18(17)21-11)10-19(24)22-15-6-3-13(4-7-15)12(2)23/h3-9,21H,10H2,1-2H3,(H,22,24). The summed E-state index contributed by atoms with van der Waals surface area (Å²) in [6.45, 7) is 3.46. The van der Waals surface area contributed by atoms with Crippen LogP contribution in [0.1, 0.15) is 28.5 Å². The highest BCUT2D eigenvalue weighted by atomic mass is 35.5. The quantitative estimate of drug-likeness (QED) is 0.686. The van der Waals surface area contributed by atoms with Crippen molar-refractivity contribution >= 4 is 39.9 Å². The van der Waals surface area contributed by atoms with Crippen LogP contribution in [-0.4, -0.2) is 16.7 Å². The van der Waals surface area contributed by atoms with E-state index in [4.69, 9.17) is 11.6 Å².